The lowest BCUT2D eigenvalue weighted by molar-refractivity contribution is 0.453. The molecule has 0 saturated carbocycles. The molecule has 0 unspecified atom stereocenters. The molecule has 0 amide bonds. The third kappa shape index (κ3) is 4.87. The van der Waals surface area contributed by atoms with E-state index in [4.69, 9.17) is 4.74 Å². The van der Waals surface area contributed by atoms with E-state index >= 15 is 0 Å². The molecule has 2 aromatic rings. The van der Waals surface area contributed by atoms with Crippen LogP contribution in [0, 0.1) is 0 Å². The highest BCUT2D eigenvalue weighted by Gasteiger charge is 2.05. The molecule has 1 heterocycles. The van der Waals surface area contributed by atoms with Crippen molar-refractivity contribution in [1.29, 1.82) is 0 Å². The number of pyridine rings is 1. The number of hydrogen-bond acceptors (Lipinski definition) is 3. The largest absolute Gasteiger partial charge is 0.439 e. The van der Waals surface area contributed by atoms with Gasteiger partial charge in [0.2, 0.25) is 5.88 Å². The molecule has 1 aromatic heterocycles. The highest BCUT2D eigenvalue weighted by Crippen LogP contribution is 2.23. The highest BCUT2D eigenvalue weighted by molar-refractivity contribution is 5.34. The van der Waals surface area contributed by atoms with Crippen LogP contribution in [0.3, 0.4) is 0 Å². The van der Waals surface area contributed by atoms with Gasteiger partial charge < -0.3 is 10.1 Å². The molecule has 21 heavy (non-hydrogen) atoms. The SMILES string of the molecule is CCCCc1ccc(Oc2ncccc2CNCC)cc1. The number of aromatic nitrogens is 1. The summed E-state index contributed by atoms with van der Waals surface area (Å²) in [5, 5.41) is 3.30. The molecular weight excluding hydrogens is 260 g/mol. The Bertz CT molecular complexity index is 537. The molecule has 1 aromatic carbocycles. The molecule has 0 fully saturated rings. The quantitative estimate of drug-likeness (QED) is 0.783. The molecule has 0 radical (unpaired) electrons. The molecule has 0 spiro atoms. The number of nitrogens with one attached hydrogen (secondary N) is 1. The Labute approximate surface area is 127 Å². The van der Waals surface area contributed by atoms with Gasteiger partial charge in [0.1, 0.15) is 5.75 Å². The number of benzene rings is 1. The van der Waals surface area contributed by atoms with Crippen LogP contribution >= 0.6 is 0 Å². The van der Waals surface area contributed by atoms with Crippen molar-refractivity contribution in [1.82, 2.24) is 10.3 Å². The topological polar surface area (TPSA) is 34.1 Å². The molecule has 1 N–H and O–H groups in total. The first kappa shape index (κ1) is 15.5. The Balaban J connectivity index is 2.04. The summed E-state index contributed by atoms with van der Waals surface area (Å²) < 4.78 is 5.91. The van der Waals surface area contributed by atoms with Crippen molar-refractivity contribution < 1.29 is 4.74 Å². The van der Waals surface area contributed by atoms with Crippen LogP contribution in [0.15, 0.2) is 42.6 Å². The molecule has 0 aliphatic rings. The summed E-state index contributed by atoms with van der Waals surface area (Å²) in [7, 11) is 0. The van der Waals surface area contributed by atoms with E-state index in [9.17, 15) is 0 Å². The monoisotopic (exact) mass is 284 g/mol. The van der Waals surface area contributed by atoms with Gasteiger partial charge in [-0.25, -0.2) is 4.98 Å². The van der Waals surface area contributed by atoms with Crippen LogP contribution in [0.5, 0.6) is 11.6 Å². The van der Waals surface area contributed by atoms with Crippen LogP contribution in [0.2, 0.25) is 0 Å². The zero-order valence-electron chi connectivity index (χ0n) is 12.9. The molecule has 0 saturated heterocycles. The third-order valence-electron chi connectivity index (χ3n) is 3.37. The lowest BCUT2D eigenvalue weighted by Gasteiger charge is -2.10. The first-order chi connectivity index (χ1) is 10.3. The second kappa shape index (κ2) is 8.42. The van der Waals surface area contributed by atoms with E-state index < -0.39 is 0 Å². The predicted octanol–water partition coefficient (Wildman–Crippen LogP) is 4.33. The lowest BCUT2D eigenvalue weighted by atomic mass is 10.1. The Morgan fingerprint density at radius 1 is 1.10 bits per heavy atom. The normalized spacial score (nSPS) is 10.6. The fraction of sp³-hybridized carbons (Fsp3) is 0.389. The van der Waals surface area contributed by atoms with Gasteiger partial charge in [0.15, 0.2) is 0 Å². The zero-order valence-corrected chi connectivity index (χ0v) is 12.9. The van der Waals surface area contributed by atoms with E-state index in [0.29, 0.717) is 5.88 Å². The fourth-order valence-electron chi connectivity index (χ4n) is 2.13. The number of aryl methyl sites for hydroxylation is 1. The minimum atomic E-state index is 0.680. The Morgan fingerprint density at radius 2 is 1.90 bits per heavy atom. The molecular formula is C18H24N2O. The third-order valence-corrected chi connectivity index (χ3v) is 3.37. The van der Waals surface area contributed by atoms with E-state index in [-0.39, 0.29) is 0 Å². The van der Waals surface area contributed by atoms with Gasteiger partial charge >= 0.3 is 0 Å². The number of unbranched alkanes of at least 4 members (excludes halogenated alkanes) is 1. The lowest BCUT2D eigenvalue weighted by Crippen LogP contribution is -2.12. The summed E-state index contributed by atoms with van der Waals surface area (Å²) in [6, 6.07) is 12.3. The summed E-state index contributed by atoms with van der Waals surface area (Å²) in [6.45, 7) is 6.01. The molecule has 2 rings (SSSR count). The summed E-state index contributed by atoms with van der Waals surface area (Å²) in [5.74, 6) is 1.52. The standard InChI is InChI=1S/C18H24N2O/c1-3-5-7-15-9-11-17(12-10-15)21-18-16(14-19-4-2)8-6-13-20-18/h6,8-13,19H,3-5,7,14H2,1-2H3. The van der Waals surface area contributed by atoms with E-state index in [1.807, 2.05) is 24.3 Å². The maximum Gasteiger partial charge on any atom is 0.223 e. The van der Waals surface area contributed by atoms with E-state index in [1.165, 1.54) is 18.4 Å². The smallest absolute Gasteiger partial charge is 0.223 e. The molecule has 112 valence electrons. The van der Waals surface area contributed by atoms with Gasteiger partial charge in [-0.1, -0.05) is 38.5 Å². The average Bonchev–Trinajstić information content (AvgIpc) is 2.53. The van der Waals surface area contributed by atoms with E-state index in [2.05, 4.69) is 36.3 Å². The van der Waals surface area contributed by atoms with Gasteiger partial charge in [0.05, 0.1) is 0 Å². The van der Waals surface area contributed by atoms with E-state index in [0.717, 1.165) is 30.8 Å². The van der Waals surface area contributed by atoms with Crippen molar-refractivity contribution >= 4 is 0 Å². The summed E-state index contributed by atoms with van der Waals surface area (Å²) >= 11 is 0. The second-order valence-electron chi connectivity index (χ2n) is 5.10. The Hall–Kier alpha value is -1.87. The van der Waals surface area contributed by atoms with Crippen molar-refractivity contribution in [2.24, 2.45) is 0 Å². The fourth-order valence-corrected chi connectivity index (χ4v) is 2.13. The molecule has 0 aliphatic carbocycles. The highest BCUT2D eigenvalue weighted by atomic mass is 16.5. The van der Waals surface area contributed by atoms with Crippen molar-refractivity contribution in [3.8, 4) is 11.6 Å². The van der Waals surface area contributed by atoms with Crippen LogP contribution in [-0.2, 0) is 13.0 Å². The van der Waals surface area contributed by atoms with E-state index in [1.54, 1.807) is 6.20 Å². The first-order valence-corrected chi connectivity index (χ1v) is 7.75. The minimum Gasteiger partial charge on any atom is -0.439 e. The summed E-state index contributed by atoms with van der Waals surface area (Å²) in [6.07, 6.45) is 5.35. The van der Waals surface area contributed by atoms with Gasteiger partial charge in [-0.05, 0) is 43.1 Å². The molecule has 3 nitrogen and oxygen atoms in total. The van der Waals surface area contributed by atoms with Crippen LogP contribution in [-0.4, -0.2) is 11.5 Å². The number of ether oxygens (including phenoxy) is 1. The first-order valence-electron chi connectivity index (χ1n) is 7.75. The second-order valence-corrected chi connectivity index (χ2v) is 5.10. The van der Waals surface area contributed by atoms with Crippen LogP contribution in [0.25, 0.3) is 0 Å². The maximum absolute atomic E-state index is 5.91. The minimum absolute atomic E-state index is 0.680. The maximum atomic E-state index is 5.91. The Morgan fingerprint density at radius 3 is 2.62 bits per heavy atom. The molecule has 0 aliphatic heterocycles. The summed E-state index contributed by atoms with van der Waals surface area (Å²) in [4.78, 5) is 4.34. The van der Waals surface area contributed by atoms with Crippen molar-refractivity contribution in [3.05, 3.63) is 53.7 Å². The average molecular weight is 284 g/mol. The molecule has 3 heteroatoms. The van der Waals surface area contributed by atoms with Crippen molar-refractivity contribution in [3.63, 3.8) is 0 Å². The van der Waals surface area contributed by atoms with Gasteiger partial charge in [-0.2, -0.15) is 0 Å². The van der Waals surface area contributed by atoms with Crippen LogP contribution in [0.4, 0.5) is 0 Å². The van der Waals surface area contributed by atoms with Gasteiger partial charge in [0.25, 0.3) is 0 Å². The van der Waals surface area contributed by atoms with Gasteiger partial charge in [-0.15, -0.1) is 0 Å². The number of hydrogen-bond donors (Lipinski definition) is 1. The molecule has 0 atom stereocenters. The number of nitrogens with zero attached hydrogens (tertiary/aromatic N) is 1. The van der Waals surface area contributed by atoms with Gasteiger partial charge in [-0.3, -0.25) is 0 Å². The van der Waals surface area contributed by atoms with Crippen molar-refractivity contribution in [2.75, 3.05) is 6.54 Å². The summed E-state index contributed by atoms with van der Waals surface area (Å²) in [5.41, 5.74) is 2.44. The predicted molar refractivity (Wildman–Crippen MR) is 86.7 cm³/mol. The molecule has 0 bridgehead atoms. The zero-order chi connectivity index (χ0) is 14.9. The number of rotatable bonds is 8. The van der Waals surface area contributed by atoms with Crippen molar-refractivity contribution in [2.45, 2.75) is 39.7 Å². The van der Waals surface area contributed by atoms with Crippen LogP contribution < -0.4 is 10.1 Å². The van der Waals surface area contributed by atoms with Gasteiger partial charge in [0, 0.05) is 18.3 Å². The Kier molecular flexibility index (Phi) is 6.22. The van der Waals surface area contributed by atoms with Crippen LogP contribution in [0.1, 0.15) is 37.8 Å².